The molecule has 0 aliphatic heterocycles. The summed E-state index contributed by atoms with van der Waals surface area (Å²) >= 11 is 1.60. The van der Waals surface area contributed by atoms with E-state index in [0.29, 0.717) is 13.1 Å². The van der Waals surface area contributed by atoms with Gasteiger partial charge in [0.25, 0.3) is 0 Å². The van der Waals surface area contributed by atoms with E-state index in [1.54, 1.807) is 16.2 Å². The number of sulfonamides is 1. The van der Waals surface area contributed by atoms with Crippen molar-refractivity contribution in [2.45, 2.75) is 19.9 Å². The number of carbonyl (C=O) groups excluding carboxylic acids is 1. The Morgan fingerprint density at radius 2 is 1.96 bits per heavy atom. The number of nitrogens with one attached hydrogen (secondary N) is 1. The number of rotatable bonds is 9. The summed E-state index contributed by atoms with van der Waals surface area (Å²) in [5, 5.41) is 3.09. The van der Waals surface area contributed by atoms with Gasteiger partial charge in [-0.2, -0.15) is 0 Å². The lowest BCUT2D eigenvalue weighted by atomic mass is 10.2. The van der Waals surface area contributed by atoms with Crippen molar-refractivity contribution >= 4 is 33.3 Å². The summed E-state index contributed by atoms with van der Waals surface area (Å²) in [6.45, 7) is 3.16. The zero-order chi connectivity index (χ0) is 18.1. The summed E-state index contributed by atoms with van der Waals surface area (Å²) < 4.78 is 26.4. The van der Waals surface area contributed by atoms with E-state index in [1.165, 1.54) is 6.08 Å². The van der Waals surface area contributed by atoms with Crippen LogP contribution in [-0.2, 0) is 21.4 Å². The molecule has 0 spiro atoms. The molecule has 0 atom stereocenters. The van der Waals surface area contributed by atoms with Crippen LogP contribution in [0, 0.1) is 0 Å². The van der Waals surface area contributed by atoms with Crippen LogP contribution in [0.3, 0.4) is 0 Å². The van der Waals surface area contributed by atoms with Gasteiger partial charge >= 0.3 is 0 Å². The van der Waals surface area contributed by atoms with Crippen LogP contribution < -0.4 is 4.72 Å². The first-order chi connectivity index (χ1) is 12.0. The van der Waals surface area contributed by atoms with Gasteiger partial charge in [-0.3, -0.25) is 4.79 Å². The third-order valence-corrected chi connectivity index (χ3v) is 5.50. The first-order valence-corrected chi connectivity index (χ1v) is 10.5. The lowest BCUT2D eigenvalue weighted by Crippen LogP contribution is -2.33. The van der Waals surface area contributed by atoms with Crippen LogP contribution >= 0.6 is 11.3 Å². The normalized spacial score (nSPS) is 11.7. The van der Waals surface area contributed by atoms with Crippen molar-refractivity contribution in [3.8, 4) is 0 Å². The highest BCUT2D eigenvalue weighted by Gasteiger charge is 2.13. The van der Waals surface area contributed by atoms with Crippen LogP contribution in [0.25, 0.3) is 6.08 Å². The Morgan fingerprint density at radius 1 is 1.20 bits per heavy atom. The van der Waals surface area contributed by atoms with Gasteiger partial charge in [0.1, 0.15) is 0 Å². The summed E-state index contributed by atoms with van der Waals surface area (Å²) in [5.74, 6) is -0.0642. The largest absolute Gasteiger partial charge is 0.338 e. The van der Waals surface area contributed by atoms with Crippen molar-refractivity contribution in [1.29, 1.82) is 0 Å². The number of nitrogens with zero attached hydrogens (tertiary/aromatic N) is 1. The van der Waals surface area contributed by atoms with Crippen molar-refractivity contribution in [2.24, 2.45) is 0 Å². The second-order valence-corrected chi connectivity index (χ2v) is 8.07. The molecule has 0 unspecified atom stereocenters. The molecule has 0 saturated heterocycles. The Balaban J connectivity index is 1.81. The number of benzene rings is 1. The van der Waals surface area contributed by atoms with Gasteiger partial charge in [-0.15, -0.1) is 11.3 Å². The van der Waals surface area contributed by atoms with Gasteiger partial charge < -0.3 is 4.90 Å². The van der Waals surface area contributed by atoms with E-state index in [0.717, 1.165) is 15.8 Å². The maximum atomic E-state index is 12.2. The molecule has 2 aromatic rings. The van der Waals surface area contributed by atoms with Crippen LogP contribution in [0.2, 0.25) is 0 Å². The van der Waals surface area contributed by atoms with Gasteiger partial charge in [0, 0.05) is 29.8 Å². The molecule has 0 aliphatic rings. The van der Waals surface area contributed by atoms with Crippen LogP contribution in [-0.4, -0.2) is 32.3 Å². The highest BCUT2D eigenvalue weighted by molar-refractivity contribution is 7.92. The van der Waals surface area contributed by atoms with Crippen molar-refractivity contribution < 1.29 is 13.2 Å². The molecule has 0 radical (unpaired) electrons. The van der Waals surface area contributed by atoms with E-state index in [9.17, 15) is 13.2 Å². The first kappa shape index (κ1) is 19.4. The molecule has 1 aromatic heterocycles. The molecular weight excluding hydrogens is 356 g/mol. The fourth-order valence-corrected chi connectivity index (χ4v) is 3.74. The quantitative estimate of drug-likeness (QED) is 0.729. The predicted molar refractivity (Wildman–Crippen MR) is 102 cm³/mol. The molecular formula is C18H22N2O3S2. The molecule has 134 valence electrons. The Kier molecular flexibility index (Phi) is 7.36. The molecule has 1 aromatic carbocycles. The molecule has 25 heavy (non-hydrogen) atoms. The summed E-state index contributed by atoms with van der Waals surface area (Å²) in [7, 11) is -3.56. The number of thiophene rings is 1. The van der Waals surface area contributed by atoms with E-state index >= 15 is 0 Å². The molecule has 1 heterocycles. The van der Waals surface area contributed by atoms with Gasteiger partial charge in [-0.1, -0.05) is 36.4 Å². The fourth-order valence-electron chi connectivity index (χ4n) is 2.21. The van der Waals surface area contributed by atoms with Crippen molar-refractivity contribution in [2.75, 3.05) is 13.1 Å². The van der Waals surface area contributed by atoms with Gasteiger partial charge in [0.2, 0.25) is 15.9 Å². The lowest BCUT2D eigenvalue weighted by molar-refractivity contribution is -0.131. The summed E-state index contributed by atoms with van der Waals surface area (Å²) in [6, 6.07) is 13.1. The number of amides is 1. The SMILES string of the molecule is CCN(Cc1cccs1)C(=O)CCNS(=O)(=O)/C=C/c1ccccc1. The number of carbonyl (C=O) groups is 1. The standard InChI is InChI=1S/C18H22N2O3S2/c1-2-20(15-17-9-6-13-24-17)18(21)10-12-19-25(22,23)14-11-16-7-4-3-5-8-16/h3-9,11,13-14,19H,2,10,12,15H2,1H3/b14-11+. The van der Waals surface area contributed by atoms with E-state index in [2.05, 4.69) is 4.72 Å². The van der Waals surface area contributed by atoms with E-state index < -0.39 is 10.0 Å². The minimum Gasteiger partial charge on any atom is -0.338 e. The topological polar surface area (TPSA) is 66.5 Å². The predicted octanol–water partition coefficient (Wildman–Crippen LogP) is 3.08. The lowest BCUT2D eigenvalue weighted by Gasteiger charge is -2.20. The van der Waals surface area contributed by atoms with Crippen LogP contribution in [0.5, 0.6) is 0 Å². The van der Waals surface area contributed by atoms with E-state index in [4.69, 9.17) is 0 Å². The fraction of sp³-hybridized carbons (Fsp3) is 0.278. The van der Waals surface area contributed by atoms with Crippen LogP contribution in [0.1, 0.15) is 23.8 Å². The summed E-state index contributed by atoms with van der Waals surface area (Å²) in [4.78, 5) is 15.1. The number of hydrogen-bond acceptors (Lipinski definition) is 4. The zero-order valence-corrected chi connectivity index (χ0v) is 15.7. The molecule has 5 nitrogen and oxygen atoms in total. The second kappa shape index (κ2) is 9.50. The average molecular weight is 379 g/mol. The van der Waals surface area contributed by atoms with E-state index in [1.807, 2.05) is 54.8 Å². The molecule has 1 amide bonds. The molecule has 0 saturated carbocycles. The second-order valence-electron chi connectivity index (χ2n) is 5.39. The smallest absolute Gasteiger partial charge is 0.233 e. The van der Waals surface area contributed by atoms with Gasteiger partial charge in [0.05, 0.1) is 6.54 Å². The van der Waals surface area contributed by atoms with Crippen molar-refractivity contribution in [3.05, 3.63) is 63.7 Å². The van der Waals surface area contributed by atoms with Gasteiger partial charge in [-0.25, -0.2) is 13.1 Å². The van der Waals surface area contributed by atoms with Crippen molar-refractivity contribution in [3.63, 3.8) is 0 Å². The Labute approximate surface area is 153 Å². The monoisotopic (exact) mass is 378 g/mol. The van der Waals surface area contributed by atoms with E-state index in [-0.39, 0.29) is 18.9 Å². The highest BCUT2D eigenvalue weighted by atomic mass is 32.2. The highest BCUT2D eigenvalue weighted by Crippen LogP contribution is 2.12. The van der Waals surface area contributed by atoms with Crippen LogP contribution in [0.15, 0.2) is 53.3 Å². The molecule has 7 heteroatoms. The Morgan fingerprint density at radius 3 is 2.60 bits per heavy atom. The maximum absolute atomic E-state index is 12.2. The summed E-state index contributed by atoms with van der Waals surface area (Å²) in [6.07, 6.45) is 1.66. The number of hydrogen-bond donors (Lipinski definition) is 1. The van der Waals surface area contributed by atoms with Crippen LogP contribution in [0.4, 0.5) is 0 Å². The molecule has 0 aliphatic carbocycles. The van der Waals surface area contributed by atoms with Gasteiger partial charge in [0.15, 0.2) is 0 Å². The third-order valence-electron chi connectivity index (χ3n) is 3.54. The molecule has 2 rings (SSSR count). The summed E-state index contributed by atoms with van der Waals surface area (Å²) in [5.41, 5.74) is 0.803. The van der Waals surface area contributed by atoms with Crippen molar-refractivity contribution in [1.82, 2.24) is 9.62 Å². The third kappa shape index (κ3) is 6.81. The molecule has 1 N–H and O–H groups in total. The molecule has 0 bridgehead atoms. The Hall–Kier alpha value is -1.96. The minimum absolute atomic E-state index is 0.0642. The minimum atomic E-state index is -3.56. The zero-order valence-electron chi connectivity index (χ0n) is 14.1. The Bertz CT molecular complexity index is 785. The van der Waals surface area contributed by atoms with Gasteiger partial charge in [-0.05, 0) is 30.0 Å². The average Bonchev–Trinajstić information content (AvgIpc) is 3.12. The maximum Gasteiger partial charge on any atom is 0.233 e. The molecule has 0 fully saturated rings. The first-order valence-electron chi connectivity index (χ1n) is 8.03.